The van der Waals surface area contributed by atoms with Gasteiger partial charge in [-0.1, -0.05) is 6.08 Å². The number of hydrogen-bond acceptors (Lipinski definition) is 6. The Morgan fingerprint density at radius 2 is 2.00 bits per heavy atom. The van der Waals surface area contributed by atoms with Gasteiger partial charge >= 0.3 is 0 Å². The van der Waals surface area contributed by atoms with Crippen LogP contribution in [0.15, 0.2) is 27.1 Å². The number of ether oxygens (including phenoxy) is 1. The van der Waals surface area contributed by atoms with Gasteiger partial charge < -0.3 is 10.1 Å². The van der Waals surface area contributed by atoms with E-state index < -0.39 is 5.92 Å². The summed E-state index contributed by atoms with van der Waals surface area (Å²) < 4.78 is 5.70. The van der Waals surface area contributed by atoms with Gasteiger partial charge in [-0.25, -0.2) is 4.99 Å². The molecule has 0 aromatic rings. The lowest BCUT2D eigenvalue weighted by atomic mass is 10.0. The van der Waals surface area contributed by atoms with E-state index >= 15 is 0 Å². The van der Waals surface area contributed by atoms with Crippen molar-refractivity contribution in [3.63, 3.8) is 0 Å². The van der Waals surface area contributed by atoms with E-state index in [0.29, 0.717) is 41.1 Å². The number of nitrogens with one attached hydrogen (secondary N) is 1. The van der Waals surface area contributed by atoms with Crippen LogP contribution in [0.25, 0.3) is 0 Å². The van der Waals surface area contributed by atoms with Gasteiger partial charge in [0.1, 0.15) is 11.8 Å². The van der Waals surface area contributed by atoms with Gasteiger partial charge in [0.05, 0.1) is 12.4 Å². The van der Waals surface area contributed by atoms with Gasteiger partial charge in [-0.2, -0.15) is 21.7 Å². The lowest BCUT2D eigenvalue weighted by molar-refractivity contribution is -0.118. The zero-order valence-electron chi connectivity index (χ0n) is 13.6. The van der Waals surface area contributed by atoms with Gasteiger partial charge in [-0.05, 0) is 50.8 Å². The number of rotatable bonds is 5. The molecule has 4 rings (SSSR count). The first-order valence-corrected chi connectivity index (χ1v) is 9.75. The molecule has 0 bridgehead atoms. The molecule has 0 radical (unpaired) electrons. The van der Waals surface area contributed by atoms with Gasteiger partial charge in [0.25, 0.3) is 5.91 Å². The quantitative estimate of drug-likeness (QED) is 0.824. The molecule has 4 aliphatic rings. The molecule has 7 heteroatoms. The fourth-order valence-electron chi connectivity index (χ4n) is 2.91. The van der Waals surface area contributed by atoms with Gasteiger partial charge in [0.2, 0.25) is 5.90 Å². The summed E-state index contributed by atoms with van der Waals surface area (Å²) in [5.74, 6) is 2.43. The van der Waals surface area contributed by atoms with Crippen LogP contribution in [0, 0.1) is 11.8 Å². The summed E-state index contributed by atoms with van der Waals surface area (Å²) in [6, 6.07) is 0. The van der Waals surface area contributed by atoms with Crippen molar-refractivity contribution in [2.24, 2.45) is 26.8 Å². The standard InChI is InChI=1S/C17H22N4O2S/c22-17-13-3-4-15(23-9-11-1-2-11)21-16(13)19-14(20-17)10-24-12-5-7-18-8-6-12/h3-4,11-13,18H,1-2,5-10H2. The first-order valence-electron chi connectivity index (χ1n) is 8.70. The highest BCUT2D eigenvalue weighted by molar-refractivity contribution is 8.00. The maximum atomic E-state index is 12.2. The number of carbonyl (C=O) groups excluding carboxylic acids is 1. The minimum absolute atomic E-state index is 0.165. The second-order valence-electron chi connectivity index (χ2n) is 6.64. The van der Waals surface area contributed by atoms with Crippen molar-refractivity contribution in [3.8, 4) is 0 Å². The van der Waals surface area contributed by atoms with E-state index in [9.17, 15) is 4.79 Å². The number of dihydropyridines is 1. The molecule has 0 aromatic carbocycles. The number of fused-ring (bicyclic) bond motifs is 1. The van der Waals surface area contributed by atoms with Crippen LogP contribution in [0.2, 0.25) is 0 Å². The predicted molar refractivity (Wildman–Crippen MR) is 97.0 cm³/mol. The summed E-state index contributed by atoms with van der Waals surface area (Å²) in [4.78, 5) is 25.3. The zero-order chi connectivity index (χ0) is 16.4. The highest BCUT2D eigenvalue weighted by Crippen LogP contribution is 2.29. The molecule has 1 atom stereocenters. The highest BCUT2D eigenvalue weighted by atomic mass is 32.2. The van der Waals surface area contributed by atoms with E-state index in [1.54, 1.807) is 12.2 Å². The van der Waals surface area contributed by atoms with Gasteiger partial charge in [0, 0.05) is 5.25 Å². The normalized spacial score (nSPS) is 27.2. The van der Waals surface area contributed by atoms with E-state index in [1.165, 1.54) is 12.8 Å². The molecule has 1 N–H and O–H groups in total. The van der Waals surface area contributed by atoms with Crippen molar-refractivity contribution in [1.29, 1.82) is 0 Å². The van der Waals surface area contributed by atoms with E-state index in [1.807, 2.05) is 11.8 Å². The minimum Gasteiger partial charge on any atom is -0.477 e. The maximum Gasteiger partial charge on any atom is 0.262 e. The average Bonchev–Trinajstić information content (AvgIpc) is 3.43. The Labute approximate surface area is 145 Å². The van der Waals surface area contributed by atoms with Crippen molar-refractivity contribution < 1.29 is 9.53 Å². The van der Waals surface area contributed by atoms with Crippen LogP contribution in [0.3, 0.4) is 0 Å². The molecule has 128 valence electrons. The smallest absolute Gasteiger partial charge is 0.262 e. The second kappa shape index (κ2) is 7.19. The number of hydrogen-bond donors (Lipinski definition) is 1. The summed E-state index contributed by atoms with van der Waals surface area (Å²) in [6.07, 6.45) is 8.37. The Hall–Kier alpha value is -1.47. The molecular formula is C17H22N4O2S. The van der Waals surface area contributed by atoms with Gasteiger partial charge in [-0.3, -0.25) is 4.79 Å². The molecule has 24 heavy (non-hydrogen) atoms. The molecule has 1 amide bonds. The van der Waals surface area contributed by atoms with Crippen molar-refractivity contribution in [3.05, 3.63) is 12.2 Å². The Balaban J connectivity index is 1.39. The van der Waals surface area contributed by atoms with E-state index in [4.69, 9.17) is 4.74 Å². The topological polar surface area (TPSA) is 75.4 Å². The number of carbonyl (C=O) groups is 1. The molecule has 1 saturated carbocycles. The van der Waals surface area contributed by atoms with Gasteiger partial charge in [0.15, 0.2) is 5.84 Å². The number of amidine groups is 2. The Kier molecular flexibility index (Phi) is 4.80. The molecule has 1 aliphatic carbocycles. The number of amides is 1. The van der Waals surface area contributed by atoms with Crippen LogP contribution in [-0.4, -0.2) is 54.2 Å². The summed E-state index contributed by atoms with van der Waals surface area (Å²) in [6.45, 7) is 2.84. The first-order chi connectivity index (χ1) is 11.8. The predicted octanol–water partition coefficient (Wildman–Crippen LogP) is 1.82. The van der Waals surface area contributed by atoms with Crippen molar-refractivity contribution in [2.45, 2.75) is 30.9 Å². The van der Waals surface area contributed by atoms with Crippen molar-refractivity contribution in [1.82, 2.24) is 5.32 Å². The number of nitrogens with zero attached hydrogens (tertiary/aromatic N) is 3. The van der Waals surface area contributed by atoms with Crippen LogP contribution in [-0.2, 0) is 9.53 Å². The second-order valence-corrected chi connectivity index (χ2v) is 7.93. The zero-order valence-corrected chi connectivity index (χ0v) is 14.4. The molecule has 3 heterocycles. The van der Waals surface area contributed by atoms with Crippen LogP contribution >= 0.6 is 11.8 Å². The van der Waals surface area contributed by atoms with E-state index in [2.05, 4.69) is 20.3 Å². The van der Waals surface area contributed by atoms with Crippen LogP contribution < -0.4 is 5.32 Å². The molecule has 6 nitrogen and oxygen atoms in total. The van der Waals surface area contributed by atoms with Crippen LogP contribution in [0.1, 0.15) is 25.7 Å². The summed E-state index contributed by atoms with van der Waals surface area (Å²) in [5.41, 5.74) is 0. The van der Waals surface area contributed by atoms with Crippen LogP contribution in [0.5, 0.6) is 0 Å². The summed E-state index contributed by atoms with van der Waals surface area (Å²) in [5, 5.41) is 3.98. The molecular weight excluding hydrogens is 324 g/mol. The number of piperidine rings is 1. The first kappa shape index (κ1) is 16.0. The third-order valence-electron chi connectivity index (χ3n) is 4.58. The Morgan fingerprint density at radius 3 is 2.79 bits per heavy atom. The molecule has 1 saturated heterocycles. The molecule has 0 aromatic heterocycles. The fraction of sp³-hybridized carbons (Fsp3) is 0.647. The minimum atomic E-state index is -0.439. The highest BCUT2D eigenvalue weighted by Gasteiger charge is 2.30. The lowest BCUT2D eigenvalue weighted by Crippen LogP contribution is -2.31. The lowest BCUT2D eigenvalue weighted by Gasteiger charge is -2.23. The van der Waals surface area contributed by atoms with Crippen molar-refractivity contribution >= 4 is 35.2 Å². The molecule has 0 spiro atoms. The summed E-state index contributed by atoms with van der Waals surface area (Å²) >= 11 is 1.84. The molecule has 1 unspecified atom stereocenters. The SMILES string of the molecule is O=C1N=C(CSC2CCNCC2)N=C2N=C(OCC3CC3)C=CC12. The van der Waals surface area contributed by atoms with E-state index in [0.717, 1.165) is 25.9 Å². The third kappa shape index (κ3) is 3.95. The Bertz CT molecular complexity index is 631. The van der Waals surface area contributed by atoms with Gasteiger partial charge in [-0.15, -0.1) is 0 Å². The monoisotopic (exact) mass is 346 g/mol. The molecule has 2 fully saturated rings. The Morgan fingerprint density at radius 1 is 1.17 bits per heavy atom. The van der Waals surface area contributed by atoms with Crippen molar-refractivity contribution in [2.75, 3.05) is 25.4 Å². The summed E-state index contributed by atoms with van der Waals surface area (Å²) in [7, 11) is 0. The third-order valence-corrected chi connectivity index (χ3v) is 5.95. The average molecular weight is 346 g/mol. The fourth-order valence-corrected chi connectivity index (χ4v) is 4.00. The number of aliphatic imine (C=N–C) groups is 3. The van der Waals surface area contributed by atoms with Crippen LogP contribution in [0.4, 0.5) is 0 Å². The van der Waals surface area contributed by atoms with E-state index in [-0.39, 0.29) is 5.91 Å². The largest absolute Gasteiger partial charge is 0.477 e. The maximum absolute atomic E-state index is 12.2. The molecule has 3 aliphatic heterocycles. The number of thioether (sulfide) groups is 1.